The SMILES string of the molecule is CCOc1nc(C(=O)O)c2c(c1C#N)CCCC2. The van der Waals surface area contributed by atoms with Crippen LogP contribution in [0.5, 0.6) is 5.88 Å². The number of aromatic nitrogens is 1. The molecular formula is C13H14N2O3. The third kappa shape index (κ3) is 2.02. The first-order chi connectivity index (χ1) is 8.69. The molecule has 2 rings (SSSR count). The number of rotatable bonds is 3. The monoisotopic (exact) mass is 246 g/mol. The maximum Gasteiger partial charge on any atom is 0.354 e. The third-order valence-electron chi connectivity index (χ3n) is 3.08. The molecule has 0 saturated heterocycles. The molecule has 0 atom stereocenters. The van der Waals surface area contributed by atoms with Gasteiger partial charge in [0, 0.05) is 0 Å². The minimum absolute atomic E-state index is 0.0344. The van der Waals surface area contributed by atoms with E-state index in [1.165, 1.54) is 0 Å². The number of aromatic carboxylic acids is 1. The molecule has 18 heavy (non-hydrogen) atoms. The number of pyridine rings is 1. The van der Waals surface area contributed by atoms with Gasteiger partial charge in [-0.2, -0.15) is 5.26 Å². The highest BCUT2D eigenvalue weighted by atomic mass is 16.5. The van der Waals surface area contributed by atoms with Gasteiger partial charge in [0.15, 0.2) is 5.69 Å². The second-order valence-electron chi connectivity index (χ2n) is 4.15. The van der Waals surface area contributed by atoms with E-state index in [0.717, 1.165) is 24.8 Å². The lowest BCUT2D eigenvalue weighted by Crippen LogP contribution is -2.16. The summed E-state index contributed by atoms with van der Waals surface area (Å²) in [7, 11) is 0. The van der Waals surface area contributed by atoms with Gasteiger partial charge in [0.2, 0.25) is 5.88 Å². The summed E-state index contributed by atoms with van der Waals surface area (Å²) in [5.74, 6) is -0.906. The number of carboxylic acid groups (broad SMARTS) is 1. The molecule has 1 heterocycles. The van der Waals surface area contributed by atoms with E-state index in [2.05, 4.69) is 11.1 Å². The number of carboxylic acids is 1. The molecule has 1 N–H and O–H groups in total. The van der Waals surface area contributed by atoms with Gasteiger partial charge in [-0.15, -0.1) is 0 Å². The zero-order valence-corrected chi connectivity index (χ0v) is 10.2. The third-order valence-corrected chi connectivity index (χ3v) is 3.08. The molecule has 1 aliphatic carbocycles. The number of hydrogen-bond donors (Lipinski definition) is 1. The van der Waals surface area contributed by atoms with Gasteiger partial charge in [-0.25, -0.2) is 9.78 Å². The molecule has 1 aromatic rings. The van der Waals surface area contributed by atoms with Crippen LogP contribution in [0.2, 0.25) is 0 Å². The van der Waals surface area contributed by atoms with Crippen molar-refractivity contribution in [3.63, 3.8) is 0 Å². The minimum atomic E-state index is -1.06. The molecule has 0 fully saturated rings. The molecule has 0 amide bonds. The van der Waals surface area contributed by atoms with Gasteiger partial charge in [-0.1, -0.05) is 0 Å². The van der Waals surface area contributed by atoms with Crippen molar-refractivity contribution in [3.05, 3.63) is 22.4 Å². The second kappa shape index (κ2) is 5.05. The number of nitriles is 1. The van der Waals surface area contributed by atoms with Crippen molar-refractivity contribution in [2.75, 3.05) is 6.61 Å². The zero-order chi connectivity index (χ0) is 13.1. The predicted octanol–water partition coefficient (Wildman–Crippen LogP) is 1.93. The maximum absolute atomic E-state index is 11.2. The molecule has 0 aliphatic heterocycles. The van der Waals surface area contributed by atoms with Crippen molar-refractivity contribution in [2.24, 2.45) is 0 Å². The quantitative estimate of drug-likeness (QED) is 0.881. The molecule has 94 valence electrons. The topological polar surface area (TPSA) is 83.2 Å². The average Bonchev–Trinajstić information content (AvgIpc) is 2.38. The van der Waals surface area contributed by atoms with Crippen LogP contribution in [0.4, 0.5) is 0 Å². The summed E-state index contributed by atoms with van der Waals surface area (Å²) in [6.07, 6.45) is 3.30. The van der Waals surface area contributed by atoms with Crippen LogP contribution >= 0.6 is 0 Å². The Bertz CT molecular complexity index is 532. The maximum atomic E-state index is 11.2. The molecule has 0 spiro atoms. The van der Waals surface area contributed by atoms with Crippen molar-refractivity contribution in [1.29, 1.82) is 5.26 Å². The Hall–Kier alpha value is -2.09. The number of carbonyl (C=O) groups is 1. The van der Waals surface area contributed by atoms with E-state index in [1.54, 1.807) is 6.92 Å². The Labute approximate surface area is 105 Å². The molecule has 5 nitrogen and oxygen atoms in total. The highest BCUT2D eigenvalue weighted by Crippen LogP contribution is 2.31. The lowest BCUT2D eigenvalue weighted by atomic mass is 9.88. The molecule has 0 aromatic carbocycles. The minimum Gasteiger partial charge on any atom is -0.477 e. The summed E-state index contributed by atoms with van der Waals surface area (Å²) in [6.45, 7) is 2.14. The van der Waals surface area contributed by atoms with Crippen LogP contribution < -0.4 is 4.74 Å². The predicted molar refractivity (Wildman–Crippen MR) is 63.7 cm³/mol. The van der Waals surface area contributed by atoms with Gasteiger partial charge in [0.05, 0.1) is 6.61 Å². The lowest BCUT2D eigenvalue weighted by molar-refractivity contribution is 0.0687. The number of ether oxygens (including phenoxy) is 1. The largest absolute Gasteiger partial charge is 0.477 e. The van der Waals surface area contributed by atoms with E-state index < -0.39 is 5.97 Å². The average molecular weight is 246 g/mol. The Kier molecular flexibility index (Phi) is 3.47. The van der Waals surface area contributed by atoms with E-state index in [9.17, 15) is 15.2 Å². The number of nitrogens with zero attached hydrogens (tertiary/aromatic N) is 2. The summed E-state index contributed by atoms with van der Waals surface area (Å²) >= 11 is 0. The van der Waals surface area contributed by atoms with Crippen LogP contribution in [0.25, 0.3) is 0 Å². The standard InChI is InChI=1S/C13H14N2O3/c1-2-18-12-10(7-14)8-5-3-4-6-9(8)11(15-12)13(16)17/h2-6H2,1H3,(H,16,17). The summed E-state index contributed by atoms with van der Waals surface area (Å²) in [5, 5.41) is 18.4. The fraction of sp³-hybridized carbons (Fsp3) is 0.462. The second-order valence-corrected chi connectivity index (χ2v) is 4.15. The molecule has 0 saturated carbocycles. The molecular weight excluding hydrogens is 232 g/mol. The van der Waals surface area contributed by atoms with Crippen molar-refractivity contribution >= 4 is 5.97 Å². The van der Waals surface area contributed by atoms with Crippen LogP contribution in [0.1, 0.15) is 46.9 Å². The van der Waals surface area contributed by atoms with Gasteiger partial charge in [-0.3, -0.25) is 0 Å². The smallest absolute Gasteiger partial charge is 0.354 e. The highest BCUT2D eigenvalue weighted by Gasteiger charge is 2.25. The van der Waals surface area contributed by atoms with Crippen molar-refractivity contribution < 1.29 is 14.6 Å². The first-order valence-electron chi connectivity index (χ1n) is 6.01. The highest BCUT2D eigenvalue weighted by molar-refractivity contribution is 5.88. The lowest BCUT2D eigenvalue weighted by Gasteiger charge is -2.20. The summed E-state index contributed by atoms with van der Waals surface area (Å²) in [4.78, 5) is 15.2. The van der Waals surface area contributed by atoms with E-state index in [4.69, 9.17) is 4.74 Å². The Morgan fingerprint density at radius 3 is 2.67 bits per heavy atom. The molecule has 1 aromatic heterocycles. The first kappa shape index (κ1) is 12.4. The Balaban J connectivity index is 2.67. The Morgan fingerprint density at radius 2 is 2.11 bits per heavy atom. The van der Waals surface area contributed by atoms with Crippen LogP contribution in [0.15, 0.2) is 0 Å². The van der Waals surface area contributed by atoms with Crippen molar-refractivity contribution in [3.8, 4) is 11.9 Å². The fourth-order valence-corrected chi connectivity index (χ4v) is 2.33. The van der Waals surface area contributed by atoms with Gasteiger partial charge >= 0.3 is 5.97 Å². The van der Waals surface area contributed by atoms with Crippen LogP contribution in [0.3, 0.4) is 0 Å². The van der Waals surface area contributed by atoms with Crippen LogP contribution in [-0.4, -0.2) is 22.7 Å². The normalized spacial score (nSPS) is 13.6. The van der Waals surface area contributed by atoms with Gasteiger partial charge in [0.1, 0.15) is 11.6 Å². The van der Waals surface area contributed by atoms with Crippen molar-refractivity contribution in [1.82, 2.24) is 4.98 Å². The van der Waals surface area contributed by atoms with Gasteiger partial charge in [0.25, 0.3) is 0 Å². The summed E-state index contributed by atoms with van der Waals surface area (Å²) in [5.41, 5.74) is 1.94. The summed E-state index contributed by atoms with van der Waals surface area (Å²) in [6, 6.07) is 2.09. The van der Waals surface area contributed by atoms with E-state index in [0.29, 0.717) is 24.2 Å². The van der Waals surface area contributed by atoms with E-state index in [-0.39, 0.29) is 11.6 Å². The number of hydrogen-bond acceptors (Lipinski definition) is 4. The van der Waals surface area contributed by atoms with E-state index >= 15 is 0 Å². The molecule has 0 bridgehead atoms. The van der Waals surface area contributed by atoms with Crippen molar-refractivity contribution in [2.45, 2.75) is 32.6 Å². The molecule has 0 unspecified atom stereocenters. The van der Waals surface area contributed by atoms with Gasteiger partial charge < -0.3 is 9.84 Å². The zero-order valence-electron chi connectivity index (χ0n) is 10.2. The first-order valence-corrected chi connectivity index (χ1v) is 6.01. The van der Waals surface area contributed by atoms with Crippen LogP contribution in [0, 0.1) is 11.3 Å². The van der Waals surface area contributed by atoms with Gasteiger partial charge in [-0.05, 0) is 43.7 Å². The number of fused-ring (bicyclic) bond motifs is 1. The molecule has 5 heteroatoms. The van der Waals surface area contributed by atoms with E-state index in [1.807, 2.05) is 0 Å². The molecule has 1 aliphatic rings. The summed E-state index contributed by atoms with van der Waals surface area (Å²) < 4.78 is 5.29. The molecule has 0 radical (unpaired) electrons. The van der Waals surface area contributed by atoms with Crippen LogP contribution in [-0.2, 0) is 12.8 Å². The fourth-order valence-electron chi connectivity index (χ4n) is 2.33. The Morgan fingerprint density at radius 1 is 1.44 bits per heavy atom.